The molecular formula is C26H32F3N3O6. The largest absolute Gasteiger partial charge is 0.491 e. The number of rotatable bonds is 9. The van der Waals surface area contributed by atoms with Crippen LogP contribution >= 0.6 is 0 Å². The maximum atomic E-state index is 13.2. The zero-order valence-electron chi connectivity index (χ0n) is 21.1. The number of anilines is 1. The fourth-order valence-electron chi connectivity index (χ4n) is 5.39. The number of ether oxygens (including phenoxy) is 3. The number of alkyl halides is 3. The molecule has 1 aromatic carbocycles. The van der Waals surface area contributed by atoms with Gasteiger partial charge in [-0.05, 0) is 43.0 Å². The molecule has 1 aliphatic heterocycles. The number of carbonyl (C=O) groups is 3. The molecular weight excluding hydrogens is 507 g/mol. The Kier molecular flexibility index (Phi) is 8.93. The molecule has 208 valence electrons. The summed E-state index contributed by atoms with van der Waals surface area (Å²) < 4.78 is 53.6. The minimum absolute atomic E-state index is 0.0208. The average Bonchev–Trinajstić information content (AvgIpc) is 3.52. The number of benzene rings is 1. The highest BCUT2D eigenvalue weighted by molar-refractivity contribution is 6.04. The van der Waals surface area contributed by atoms with Crippen molar-refractivity contribution in [3.63, 3.8) is 0 Å². The van der Waals surface area contributed by atoms with E-state index in [2.05, 4.69) is 20.4 Å². The molecule has 3 N–H and O–H groups in total. The van der Waals surface area contributed by atoms with Gasteiger partial charge in [-0.25, -0.2) is 9.59 Å². The van der Waals surface area contributed by atoms with Crippen LogP contribution in [-0.4, -0.2) is 61.9 Å². The quantitative estimate of drug-likeness (QED) is 0.321. The lowest BCUT2D eigenvalue weighted by atomic mass is 9.76. The fourth-order valence-corrected chi connectivity index (χ4v) is 5.39. The third-order valence-corrected chi connectivity index (χ3v) is 7.18. The number of aromatic nitrogens is 1. The van der Waals surface area contributed by atoms with Crippen LogP contribution in [0.1, 0.15) is 55.4 Å². The van der Waals surface area contributed by atoms with Crippen molar-refractivity contribution >= 4 is 34.4 Å². The number of fused-ring (bicyclic) bond motifs is 1. The third-order valence-electron chi connectivity index (χ3n) is 7.18. The maximum absolute atomic E-state index is 13.2. The first kappa shape index (κ1) is 27.9. The topological polar surface area (TPSA) is 119 Å². The van der Waals surface area contributed by atoms with Crippen molar-refractivity contribution in [1.29, 1.82) is 0 Å². The van der Waals surface area contributed by atoms with E-state index < -0.39 is 29.6 Å². The average molecular weight is 540 g/mol. The molecule has 1 saturated heterocycles. The lowest BCUT2D eigenvalue weighted by Gasteiger charge is -2.30. The standard InChI is InChI=1S/C26H32F3N3O6/c1-36-12-5-13-37-24(34)21-22(38-25(35)26(27,28)29)18-14-16(8-9-19(18)32-21)31-23(33)20-17(10-11-30-20)15-6-3-2-4-7-15/h8-9,14-15,17,20,30,32H,2-7,10-13H2,1H3,(H,31,33)/t17-,20+/m0/s1. The number of carbonyl (C=O) groups excluding carboxylic acids is 3. The zero-order chi connectivity index (χ0) is 27.3. The summed E-state index contributed by atoms with van der Waals surface area (Å²) >= 11 is 0. The predicted octanol–water partition coefficient (Wildman–Crippen LogP) is 4.33. The minimum atomic E-state index is -5.28. The van der Waals surface area contributed by atoms with Crippen LogP contribution in [0.5, 0.6) is 5.75 Å². The first-order chi connectivity index (χ1) is 18.2. The van der Waals surface area contributed by atoms with E-state index in [0.29, 0.717) is 24.6 Å². The summed E-state index contributed by atoms with van der Waals surface area (Å²) in [6.07, 6.45) is 1.74. The van der Waals surface area contributed by atoms with Gasteiger partial charge in [-0.1, -0.05) is 32.1 Å². The summed E-state index contributed by atoms with van der Waals surface area (Å²) in [5, 5.41) is 6.14. The van der Waals surface area contributed by atoms with Gasteiger partial charge >= 0.3 is 18.1 Å². The van der Waals surface area contributed by atoms with Crippen molar-refractivity contribution < 1.29 is 41.8 Å². The van der Waals surface area contributed by atoms with Gasteiger partial charge in [0.25, 0.3) is 0 Å². The maximum Gasteiger partial charge on any atom is 0.491 e. The van der Waals surface area contributed by atoms with Gasteiger partial charge in [0.1, 0.15) is 0 Å². The van der Waals surface area contributed by atoms with Crippen LogP contribution in [0, 0.1) is 11.8 Å². The lowest BCUT2D eigenvalue weighted by Crippen LogP contribution is -2.42. The Morgan fingerprint density at radius 3 is 2.55 bits per heavy atom. The molecule has 4 rings (SSSR count). The molecule has 0 radical (unpaired) electrons. The first-order valence-corrected chi connectivity index (χ1v) is 12.8. The van der Waals surface area contributed by atoms with Gasteiger partial charge < -0.3 is 29.8 Å². The van der Waals surface area contributed by atoms with E-state index in [1.165, 1.54) is 25.7 Å². The van der Waals surface area contributed by atoms with Crippen LogP contribution in [0.4, 0.5) is 18.9 Å². The molecule has 0 spiro atoms. The molecule has 1 aromatic heterocycles. The summed E-state index contributed by atoms with van der Waals surface area (Å²) in [6, 6.07) is 4.04. The van der Waals surface area contributed by atoms with E-state index in [1.54, 1.807) is 6.07 Å². The third kappa shape index (κ3) is 6.47. The second kappa shape index (κ2) is 12.2. The van der Waals surface area contributed by atoms with Crippen LogP contribution < -0.4 is 15.4 Å². The molecule has 12 heteroatoms. The molecule has 2 atom stereocenters. The normalized spacial score (nSPS) is 20.4. The Hall–Kier alpha value is -3.12. The first-order valence-electron chi connectivity index (χ1n) is 12.8. The Morgan fingerprint density at radius 1 is 1.08 bits per heavy atom. The number of esters is 2. The summed E-state index contributed by atoms with van der Waals surface area (Å²) in [4.78, 5) is 40.1. The smallest absolute Gasteiger partial charge is 0.461 e. The zero-order valence-corrected chi connectivity index (χ0v) is 21.1. The second-order valence-corrected chi connectivity index (χ2v) is 9.73. The van der Waals surface area contributed by atoms with Crippen LogP contribution in [-0.2, 0) is 19.1 Å². The fraction of sp³-hybridized carbons (Fsp3) is 0.577. The Labute approximate surface area is 217 Å². The van der Waals surface area contributed by atoms with Gasteiger partial charge in [-0.2, -0.15) is 13.2 Å². The molecule has 9 nitrogen and oxygen atoms in total. The van der Waals surface area contributed by atoms with Crippen LogP contribution in [0.15, 0.2) is 18.2 Å². The molecule has 2 aromatic rings. The number of halogens is 3. The second-order valence-electron chi connectivity index (χ2n) is 9.73. The van der Waals surface area contributed by atoms with Crippen molar-refractivity contribution in [3.05, 3.63) is 23.9 Å². The van der Waals surface area contributed by atoms with Gasteiger partial charge in [-0.15, -0.1) is 0 Å². The summed E-state index contributed by atoms with van der Waals surface area (Å²) in [5.41, 5.74) is 0.0890. The highest BCUT2D eigenvalue weighted by atomic mass is 19.4. The van der Waals surface area contributed by atoms with Gasteiger partial charge in [0.2, 0.25) is 5.91 Å². The number of amides is 1. The van der Waals surface area contributed by atoms with Crippen molar-refractivity contribution in [2.75, 3.05) is 32.2 Å². The highest BCUT2D eigenvalue weighted by Crippen LogP contribution is 2.37. The van der Waals surface area contributed by atoms with E-state index in [4.69, 9.17) is 9.47 Å². The van der Waals surface area contributed by atoms with E-state index in [-0.39, 0.29) is 35.4 Å². The molecule has 1 aliphatic carbocycles. The van der Waals surface area contributed by atoms with Crippen molar-refractivity contribution in [3.8, 4) is 5.75 Å². The van der Waals surface area contributed by atoms with Crippen molar-refractivity contribution in [2.45, 2.75) is 57.2 Å². The number of hydrogen-bond donors (Lipinski definition) is 3. The van der Waals surface area contributed by atoms with E-state index in [9.17, 15) is 27.6 Å². The summed E-state index contributed by atoms with van der Waals surface area (Å²) in [7, 11) is 1.48. The Balaban J connectivity index is 1.57. The van der Waals surface area contributed by atoms with Gasteiger partial charge in [0.15, 0.2) is 11.4 Å². The Morgan fingerprint density at radius 2 is 1.84 bits per heavy atom. The van der Waals surface area contributed by atoms with E-state index in [0.717, 1.165) is 38.6 Å². The predicted molar refractivity (Wildman–Crippen MR) is 132 cm³/mol. The van der Waals surface area contributed by atoms with Crippen molar-refractivity contribution in [1.82, 2.24) is 10.3 Å². The molecule has 2 aliphatic rings. The Bertz CT molecular complexity index is 1160. The number of H-pyrrole nitrogens is 1. The molecule has 2 heterocycles. The number of nitrogens with one attached hydrogen (secondary N) is 3. The molecule has 0 bridgehead atoms. The molecule has 0 unspecified atom stereocenters. The monoisotopic (exact) mass is 539 g/mol. The molecule has 2 fully saturated rings. The minimum Gasteiger partial charge on any atom is -0.461 e. The number of aromatic amines is 1. The molecule has 1 saturated carbocycles. The van der Waals surface area contributed by atoms with Gasteiger partial charge in [-0.3, -0.25) is 4.79 Å². The summed E-state index contributed by atoms with van der Waals surface area (Å²) in [5.74, 6) is -3.62. The van der Waals surface area contributed by atoms with Gasteiger partial charge in [0.05, 0.1) is 18.2 Å². The number of methoxy groups -OCH3 is 1. The van der Waals surface area contributed by atoms with E-state index >= 15 is 0 Å². The SMILES string of the molecule is COCCCOC(=O)c1[nH]c2ccc(NC(=O)[C@@H]3NCC[C@H]3C3CCCCC3)cc2c1OC(=O)C(F)(F)F. The van der Waals surface area contributed by atoms with Crippen molar-refractivity contribution in [2.24, 2.45) is 11.8 Å². The van der Waals surface area contributed by atoms with Gasteiger partial charge in [0, 0.05) is 31.2 Å². The summed E-state index contributed by atoms with van der Waals surface area (Å²) in [6.45, 7) is 1.01. The van der Waals surface area contributed by atoms with Crippen LogP contribution in [0.2, 0.25) is 0 Å². The van der Waals surface area contributed by atoms with Crippen LogP contribution in [0.3, 0.4) is 0 Å². The van der Waals surface area contributed by atoms with Crippen LogP contribution in [0.25, 0.3) is 10.9 Å². The number of hydrogen-bond acceptors (Lipinski definition) is 7. The molecule has 1 amide bonds. The van der Waals surface area contributed by atoms with E-state index in [1.807, 2.05) is 0 Å². The molecule has 38 heavy (non-hydrogen) atoms. The lowest BCUT2D eigenvalue weighted by molar-refractivity contribution is -0.189. The highest BCUT2D eigenvalue weighted by Gasteiger charge is 2.43.